The van der Waals surface area contributed by atoms with Crippen LogP contribution in [0.3, 0.4) is 0 Å². The van der Waals surface area contributed by atoms with Crippen molar-refractivity contribution in [2.45, 2.75) is 74.9 Å². The van der Waals surface area contributed by atoms with Gasteiger partial charge in [0.2, 0.25) is 11.8 Å². The largest absolute Gasteiger partial charge is 0.348 e. The number of amides is 2. The number of nitrogens with zero attached hydrogens (tertiary/aromatic N) is 2. The molecular weight excluding hydrogens is 524 g/mol. The van der Waals surface area contributed by atoms with Crippen LogP contribution in [-0.2, 0) is 25.8 Å². The van der Waals surface area contributed by atoms with Gasteiger partial charge in [0.05, 0.1) is 23.4 Å². The number of benzene rings is 2. The molecule has 2 saturated heterocycles. The van der Waals surface area contributed by atoms with Crippen molar-refractivity contribution in [3.63, 3.8) is 0 Å². The summed E-state index contributed by atoms with van der Waals surface area (Å²) in [6, 6.07) is 16.9. The smallest absolute Gasteiger partial charge is 0.237 e. The molecule has 2 aliphatic rings. The van der Waals surface area contributed by atoms with Gasteiger partial charge in [-0.3, -0.25) is 9.59 Å². The summed E-state index contributed by atoms with van der Waals surface area (Å²) in [6.45, 7) is 6.29. The molecule has 2 amide bonds. The summed E-state index contributed by atoms with van der Waals surface area (Å²) in [4.78, 5) is 30.8. The van der Waals surface area contributed by atoms with E-state index in [1.807, 2.05) is 30.0 Å². The molecule has 2 N–H and O–H groups in total. The number of piperidine rings is 2. The second kappa shape index (κ2) is 14.2. The van der Waals surface area contributed by atoms with Crippen molar-refractivity contribution in [3.05, 3.63) is 65.7 Å². The SMILES string of the molecule is CCN(C(=O)Cc1ccc(S(C)(=O)=O)cc1)C1CCN(CCC(NC(=O)C2CCCCN2)c2ccccc2)CC1. The molecule has 2 fully saturated rings. The zero-order valence-electron chi connectivity index (χ0n) is 23.8. The Hall–Kier alpha value is -2.75. The topological polar surface area (TPSA) is 98.8 Å². The van der Waals surface area contributed by atoms with Crippen molar-refractivity contribution < 1.29 is 18.0 Å². The molecule has 2 atom stereocenters. The van der Waals surface area contributed by atoms with Crippen molar-refractivity contribution >= 4 is 21.7 Å². The molecule has 218 valence electrons. The summed E-state index contributed by atoms with van der Waals surface area (Å²) >= 11 is 0. The van der Waals surface area contributed by atoms with Gasteiger partial charge in [0.15, 0.2) is 9.84 Å². The van der Waals surface area contributed by atoms with E-state index in [9.17, 15) is 18.0 Å². The quantitative estimate of drug-likeness (QED) is 0.432. The fraction of sp³-hybridized carbons (Fsp3) is 0.548. The van der Waals surface area contributed by atoms with E-state index in [2.05, 4.69) is 27.7 Å². The normalized spacial score (nSPS) is 19.6. The molecule has 2 aromatic rings. The molecule has 0 bridgehead atoms. The van der Waals surface area contributed by atoms with Gasteiger partial charge in [-0.05, 0) is 68.8 Å². The summed E-state index contributed by atoms with van der Waals surface area (Å²) in [5.74, 6) is 0.173. The van der Waals surface area contributed by atoms with Crippen LogP contribution in [0.1, 0.15) is 62.6 Å². The van der Waals surface area contributed by atoms with Gasteiger partial charge in [-0.1, -0.05) is 48.9 Å². The maximum atomic E-state index is 13.2. The van der Waals surface area contributed by atoms with E-state index in [-0.39, 0.29) is 41.3 Å². The van der Waals surface area contributed by atoms with Gasteiger partial charge in [0, 0.05) is 38.5 Å². The van der Waals surface area contributed by atoms with Gasteiger partial charge < -0.3 is 20.4 Å². The van der Waals surface area contributed by atoms with E-state index < -0.39 is 9.84 Å². The van der Waals surface area contributed by atoms with Crippen molar-refractivity contribution in [3.8, 4) is 0 Å². The minimum absolute atomic E-state index is 0.0297. The van der Waals surface area contributed by atoms with E-state index in [4.69, 9.17) is 0 Å². The second-order valence-electron chi connectivity index (χ2n) is 11.1. The average molecular weight is 569 g/mol. The van der Waals surface area contributed by atoms with E-state index in [0.29, 0.717) is 6.54 Å². The highest BCUT2D eigenvalue weighted by molar-refractivity contribution is 7.90. The number of likely N-dealkylation sites (N-methyl/N-ethyl adjacent to an activating group) is 1. The molecule has 2 heterocycles. The van der Waals surface area contributed by atoms with E-state index >= 15 is 0 Å². The summed E-state index contributed by atoms with van der Waals surface area (Å²) < 4.78 is 23.4. The lowest BCUT2D eigenvalue weighted by molar-refractivity contribution is -0.133. The van der Waals surface area contributed by atoms with Crippen LogP contribution in [0.25, 0.3) is 0 Å². The van der Waals surface area contributed by atoms with Crippen LogP contribution in [0.15, 0.2) is 59.5 Å². The highest BCUT2D eigenvalue weighted by atomic mass is 32.2. The molecule has 8 nitrogen and oxygen atoms in total. The van der Waals surface area contributed by atoms with Crippen molar-refractivity contribution in [1.82, 2.24) is 20.4 Å². The monoisotopic (exact) mass is 568 g/mol. The summed E-state index contributed by atoms with van der Waals surface area (Å²) in [7, 11) is -3.25. The number of carbonyl (C=O) groups excluding carboxylic acids is 2. The van der Waals surface area contributed by atoms with Crippen LogP contribution >= 0.6 is 0 Å². The maximum absolute atomic E-state index is 13.2. The van der Waals surface area contributed by atoms with Crippen LogP contribution in [0.4, 0.5) is 0 Å². The van der Waals surface area contributed by atoms with Gasteiger partial charge in [0.1, 0.15) is 0 Å². The molecule has 0 radical (unpaired) electrons. The molecule has 0 saturated carbocycles. The molecule has 0 aromatic heterocycles. The number of hydrogen-bond donors (Lipinski definition) is 2. The Kier molecular flexibility index (Phi) is 10.8. The highest BCUT2D eigenvalue weighted by Crippen LogP contribution is 2.22. The van der Waals surface area contributed by atoms with Gasteiger partial charge >= 0.3 is 0 Å². The first kappa shape index (κ1) is 30.2. The number of rotatable bonds is 11. The third kappa shape index (κ3) is 8.38. The van der Waals surface area contributed by atoms with Crippen LogP contribution in [-0.4, -0.2) is 81.1 Å². The van der Waals surface area contributed by atoms with Crippen LogP contribution in [0.5, 0.6) is 0 Å². The molecule has 0 spiro atoms. The Morgan fingerprint density at radius 2 is 1.73 bits per heavy atom. The molecule has 9 heteroatoms. The van der Waals surface area contributed by atoms with E-state index in [0.717, 1.165) is 75.8 Å². The Morgan fingerprint density at radius 3 is 2.33 bits per heavy atom. The minimum Gasteiger partial charge on any atom is -0.348 e. The maximum Gasteiger partial charge on any atom is 0.237 e. The zero-order chi connectivity index (χ0) is 28.5. The van der Waals surface area contributed by atoms with E-state index in [1.54, 1.807) is 24.3 Å². The van der Waals surface area contributed by atoms with Crippen LogP contribution < -0.4 is 10.6 Å². The second-order valence-corrected chi connectivity index (χ2v) is 13.1. The molecule has 40 heavy (non-hydrogen) atoms. The van der Waals surface area contributed by atoms with Gasteiger partial charge in [-0.25, -0.2) is 8.42 Å². The van der Waals surface area contributed by atoms with Crippen molar-refractivity contribution in [1.29, 1.82) is 0 Å². The number of sulfone groups is 1. The lowest BCUT2D eigenvalue weighted by Crippen LogP contribution is -2.49. The number of hydrogen-bond acceptors (Lipinski definition) is 6. The summed E-state index contributed by atoms with van der Waals surface area (Å²) in [5, 5.41) is 6.67. The number of nitrogens with one attached hydrogen (secondary N) is 2. The third-order valence-electron chi connectivity index (χ3n) is 8.24. The molecule has 2 aromatic carbocycles. The first-order chi connectivity index (χ1) is 19.2. The standard InChI is InChI=1S/C31H44N4O4S/c1-3-35(30(36)23-24-12-14-27(15-13-24)40(2,38)39)26-16-20-34(21-17-26)22-18-28(25-9-5-4-6-10-25)33-31(37)29-11-7-8-19-32-29/h4-6,9-10,12-15,26,28-29,32H,3,7-8,11,16-23H2,1-2H3,(H,33,37). The third-order valence-corrected chi connectivity index (χ3v) is 9.37. The fourth-order valence-electron chi connectivity index (χ4n) is 5.89. The first-order valence-electron chi connectivity index (χ1n) is 14.6. The molecular formula is C31H44N4O4S. The first-order valence-corrected chi connectivity index (χ1v) is 16.5. The Morgan fingerprint density at radius 1 is 1.02 bits per heavy atom. The van der Waals surface area contributed by atoms with Crippen molar-refractivity contribution in [2.75, 3.05) is 39.0 Å². The Balaban J connectivity index is 1.28. The Labute approximate surface area is 239 Å². The number of likely N-dealkylation sites (tertiary alicyclic amines) is 1. The molecule has 2 aliphatic heterocycles. The lowest BCUT2D eigenvalue weighted by atomic mass is 9.99. The predicted molar refractivity (Wildman–Crippen MR) is 158 cm³/mol. The summed E-state index contributed by atoms with van der Waals surface area (Å²) in [6.07, 6.45) is 7.23. The summed E-state index contributed by atoms with van der Waals surface area (Å²) in [5.41, 5.74) is 1.96. The predicted octanol–water partition coefficient (Wildman–Crippen LogP) is 3.34. The lowest BCUT2D eigenvalue weighted by Gasteiger charge is -2.38. The highest BCUT2D eigenvalue weighted by Gasteiger charge is 2.28. The molecule has 2 unspecified atom stereocenters. The molecule has 4 rings (SSSR count). The van der Waals surface area contributed by atoms with Crippen LogP contribution in [0, 0.1) is 0 Å². The molecule has 0 aliphatic carbocycles. The van der Waals surface area contributed by atoms with Gasteiger partial charge in [0.25, 0.3) is 0 Å². The van der Waals surface area contributed by atoms with E-state index in [1.165, 1.54) is 6.26 Å². The minimum atomic E-state index is -3.25. The zero-order valence-corrected chi connectivity index (χ0v) is 24.7. The van der Waals surface area contributed by atoms with Gasteiger partial charge in [-0.2, -0.15) is 0 Å². The van der Waals surface area contributed by atoms with Gasteiger partial charge in [-0.15, -0.1) is 0 Å². The Bertz CT molecular complexity index is 1210. The van der Waals surface area contributed by atoms with Crippen molar-refractivity contribution in [2.24, 2.45) is 0 Å². The van der Waals surface area contributed by atoms with Crippen LogP contribution in [0.2, 0.25) is 0 Å². The fourth-order valence-corrected chi connectivity index (χ4v) is 6.52. The average Bonchev–Trinajstić information content (AvgIpc) is 2.97. The number of carbonyl (C=O) groups is 2.